The standard InChI is InChI=1S/C16H18N2OS/c17-15(19)7-10-18-9-6-14-13(8-11-20-14)16(18)12-4-2-1-3-5-12/h1-5,8,11,16H,6-7,9-10H2,(H2,17,19)/t16-/m0/s1. The van der Waals surface area contributed by atoms with Gasteiger partial charge in [0.25, 0.3) is 0 Å². The highest BCUT2D eigenvalue weighted by molar-refractivity contribution is 7.10. The van der Waals surface area contributed by atoms with Crippen LogP contribution in [0.15, 0.2) is 41.8 Å². The van der Waals surface area contributed by atoms with E-state index in [-0.39, 0.29) is 11.9 Å². The molecule has 1 atom stereocenters. The van der Waals surface area contributed by atoms with Crippen molar-refractivity contribution in [3.05, 3.63) is 57.8 Å². The van der Waals surface area contributed by atoms with Gasteiger partial charge in [-0.15, -0.1) is 11.3 Å². The average molecular weight is 286 g/mol. The molecule has 1 aliphatic heterocycles. The first-order valence-corrected chi connectivity index (χ1v) is 7.77. The lowest BCUT2D eigenvalue weighted by Crippen LogP contribution is -2.37. The zero-order chi connectivity index (χ0) is 13.9. The lowest BCUT2D eigenvalue weighted by molar-refractivity contribution is -0.118. The molecular formula is C16H18N2OS. The number of thiophene rings is 1. The number of carbonyl (C=O) groups excluding carboxylic acids is 1. The molecule has 0 aliphatic carbocycles. The normalized spacial score (nSPS) is 18.7. The Hall–Kier alpha value is -1.65. The van der Waals surface area contributed by atoms with Gasteiger partial charge < -0.3 is 5.73 Å². The molecule has 3 nitrogen and oxygen atoms in total. The van der Waals surface area contributed by atoms with E-state index < -0.39 is 0 Å². The third kappa shape index (κ3) is 2.62. The maximum absolute atomic E-state index is 11.1. The van der Waals surface area contributed by atoms with Crippen LogP contribution in [-0.4, -0.2) is 23.9 Å². The van der Waals surface area contributed by atoms with Crippen LogP contribution in [0.2, 0.25) is 0 Å². The number of hydrogen-bond donors (Lipinski definition) is 1. The van der Waals surface area contributed by atoms with Gasteiger partial charge >= 0.3 is 0 Å². The van der Waals surface area contributed by atoms with Crippen molar-refractivity contribution < 1.29 is 4.79 Å². The smallest absolute Gasteiger partial charge is 0.218 e. The van der Waals surface area contributed by atoms with Crippen molar-refractivity contribution in [3.8, 4) is 0 Å². The van der Waals surface area contributed by atoms with E-state index >= 15 is 0 Å². The third-order valence-electron chi connectivity index (χ3n) is 3.83. The summed E-state index contributed by atoms with van der Waals surface area (Å²) in [6, 6.07) is 13.0. The van der Waals surface area contributed by atoms with Crippen LogP contribution in [0.1, 0.15) is 28.5 Å². The van der Waals surface area contributed by atoms with Crippen molar-refractivity contribution in [2.24, 2.45) is 5.73 Å². The van der Waals surface area contributed by atoms with Gasteiger partial charge in [0.15, 0.2) is 0 Å². The van der Waals surface area contributed by atoms with E-state index in [1.54, 1.807) is 0 Å². The SMILES string of the molecule is NC(=O)CCN1CCc2sccc2[C@@H]1c1ccccc1. The molecule has 2 heterocycles. The van der Waals surface area contributed by atoms with E-state index in [0.29, 0.717) is 6.42 Å². The van der Waals surface area contributed by atoms with Crippen molar-refractivity contribution in [2.45, 2.75) is 18.9 Å². The molecule has 2 N–H and O–H groups in total. The summed E-state index contributed by atoms with van der Waals surface area (Å²) < 4.78 is 0. The summed E-state index contributed by atoms with van der Waals surface area (Å²) in [5.41, 5.74) is 7.98. The third-order valence-corrected chi connectivity index (χ3v) is 4.82. The minimum atomic E-state index is -0.229. The second-order valence-corrected chi connectivity index (χ2v) is 6.12. The number of amides is 1. The Morgan fingerprint density at radius 2 is 2.10 bits per heavy atom. The number of fused-ring (bicyclic) bond motifs is 1. The van der Waals surface area contributed by atoms with E-state index in [1.807, 2.05) is 17.4 Å². The summed E-state index contributed by atoms with van der Waals surface area (Å²) in [6.45, 7) is 1.71. The summed E-state index contributed by atoms with van der Waals surface area (Å²) in [4.78, 5) is 14.9. The van der Waals surface area contributed by atoms with Gasteiger partial charge in [-0.1, -0.05) is 30.3 Å². The number of nitrogens with zero attached hydrogens (tertiary/aromatic N) is 1. The van der Waals surface area contributed by atoms with E-state index in [9.17, 15) is 4.79 Å². The topological polar surface area (TPSA) is 46.3 Å². The predicted molar refractivity (Wildman–Crippen MR) is 81.7 cm³/mol. The summed E-state index contributed by atoms with van der Waals surface area (Å²) in [5.74, 6) is -0.229. The van der Waals surface area contributed by atoms with Crippen LogP contribution in [0.25, 0.3) is 0 Å². The Bertz CT molecular complexity index is 594. The molecule has 20 heavy (non-hydrogen) atoms. The molecule has 0 spiro atoms. The fourth-order valence-corrected chi connectivity index (χ4v) is 3.79. The summed E-state index contributed by atoms with van der Waals surface area (Å²) in [6.07, 6.45) is 1.48. The second-order valence-electron chi connectivity index (χ2n) is 5.11. The van der Waals surface area contributed by atoms with E-state index in [1.165, 1.54) is 16.0 Å². The highest BCUT2D eigenvalue weighted by atomic mass is 32.1. The molecule has 2 aromatic rings. The van der Waals surface area contributed by atoms with E-state index in [4.69, 9.17) is 5.73 Å². The lowest BCUT2D eigenvalue weighted by Gasteiger charge is -2.36. The molecule has 104 valence electrons. The molecule has 1 aromatic heterocycles. The monoisotopic (exact) mass is 286 g/mol. The largest absolute Gasteiger partial charge is 0.370 e. The molecule has 1 amide bonds. The quantitative estimate of drug-likeness (QED) is 0.939. The first-order chi connectivity index (χ1) is 9.75. The fraction of sp³-hybridized carbons (Fsp3) is 0.312. The second kappa shape index (κ2) is 5.77. The van der Waals surface area contributed by atoms with Gasteiger partial charge in [0, 0.05) is 24.4 Å². The first kappa shape index (κ1) is 13.3. The lowest BCUT2D eigenvalue weighted by atomic mass is 9.93. The number of nitrogens with two attached hydrogens (primary N) is 1. The molecule has 0 fully saturated rings. The molecule has 0 saturated heterocycles. The maximum Gasteiger partial charge on any atom is 0.218 e. The van der Waals surface area contributed by atoms with Crippen LogP contribution in [0.4, 0.5) is 0 Å². The van der Waals surface area contributed by atoms with Crippen LogP contribution < -0.4 is 5.73 Å². The van der Waals surface area contributed by atoms with E-state index in [2.05, 4.69) is 40.6 Å². The molecule has 1 aromatic carbocycles. The first-order valence-electron chi connectivity index (χ1n) is 6.89. The average Bonchev–Trinajstić information content (AvgIpc) is 2.93. The van der Waals surface area contributed by atoms with Crippen molar-refractivity contribution in [2.75, 3.05) is 13.1 Å². The predicted octanol–water partition coefficient (Wildman–Crippen LogP) is 2.57. The molecule has 0 unspecified atom stereocenters. The Morgan fingerprint density at radius 1 is 1.30 bits per heavy atom. The van der Waals surface area contributed by atoms with Crippen molar-refractivity contribution >= 4 is 17.2 Å². The van der Waals surface area contributed by atoms with E-state index in [0.717, 1.165) is 19.5 Å². The zero-order valence-electron chi connectivity index (χ0n) is 11.3. The minimum Gasteiger partial charge on any atom is -0.370 e. The zero-order valence-corrected chi connectivity index (χ0v) is 12.1. The molecule has 4 heteroatoms. The summed E-state index contributed by atoms with van der Waals surface area (Å²) >= 11 is 1.83. The van der Waals surface area contributed by atoms with Crippen LogP contribution in [0, 0.1) is 0 Å². The van der Waals surface area contributed by atoms with Gasteiger partial charge in [0.1, 0.15) is 0 Å². The molecule has 0 bridgehead atoms. The highest BCUT2D eigenvalue weighted by Gasteiger charge is 2.29. The number of carbonyl (C=O) groups is 1. The molecule has 3 rings (SSSR count). The van der Waals surface area contributed by atoms with Crippen LogP contribution in [0.5, 0.6) is 0 Å². The Morgan fingerprint density at radius 3 is 2.85 bits per heavy atom. The van der Waals surface area contributed by atoms with Gasteiger partial charge in [-0.3, -0.25) is 9.69 Å². The number of primary amides is 1. The minimum absolute atomic E-state index is 0.229. The van der Waals surface area contributed by atoms with Gasteiger partial charge in [-0.05, 0) is 29.0 Å². The number of rotatable bonds is 4. The molecule has 0 radical (unpaired) electrons. The highest BCUT2D eigenvalue weighted by Crippen LogP contribution is 2.37. The van der Waals surface area contributed by atoms with Crippen molar-refractivity contribution in [1.29, 1.82) is 0 Å². The van der Waals surface area contributed by atoms with Crippen LogP contribution in [0.3, 0.4) is 0 Å². The fourth-order valence-electron chi connectivity index (χ4n) is 2.89. The van der Waals surface area contributed by atoms with Crippen LogP contribution in [-0.2, 0) is 11.2 Å². The molecule has 0 saturated carbocycles. The summed E-state index contributed by atoms with van der Waals surface area (Å²) in [7, 11) is 0. The van der Waals surface area contributed by atoms with Gasteiger partial charge in [-0.25, -0.2) is 0 Å². The van der Waals surface area contributed by atoms with Gasteiger partial charge in [0.05, 0.1) is 6.04 Å². The molecule has 1 aliphatic rings. The maximum atomic E-state index is 11.1. The van der Waals surface area contributed by atoms with Crippen LogP contribution >= 0.6 is 11.3 Å². The Balaban J connectivity index is 1.93. The van der Waals surface area contributed by atoms with Crippen molar-refractivity contribution in [1.82, 2.24) is 4.90 Å². The van der Waals surface area contributed by atoms with Gasteiger partial charge in [-0.2, -0.15) is 0 Å². The Kier molecular flexibility index (Phi) is 3.85. The Labute approximate surface area is 123 Å². The van der Waals surface area contributed by atoms with Crippen molar-refractivity contribution in [3.63, 3.8) is 0 Å². The summed E-state index contributed by atoms with van der Waals surface area (Å²) in [5, 5.41) is 2.16. The number of hydrogen-bond acceptors (Lipinski definition) is 3. The van der Waals surface area contributed by atoms with Gasteiger partial charge in [0.2, 0.25) is 5.91 Å². The number of benzene rings is 1. The molecular weight excluding hydrogens is 268 g/mol.